The average molecular weight is 377 g/mol. The van der Waals surface area contributed by atoms with E-state index in [1.807, 2.05) is 50.2 Å². The minimum atomic E-state index is -1.03. The summed E-state index contributed by atoms with van der Waals surface area (Å²) in [4.78, 5) is 11.3. The molecule has 3 aromatic carbocycles. The van der Waals surface area contributed by atoms with E-state index in [0.29, 0.717) is 6.61 Å². The standard InChI is InChI=1S/C23H23NO4/c1-23(2)13-28-20-12-17(7-9-19(20)21(23)24-22(25)26)14-4-5-16-11-18(27-3)8-6-15(16)10-14/h4-12,21,24H,13H2,1-3H3,(H,25,26). The number of ether oxygens (including phenoxy) is 2. The van der Waals surface area contributed by atoms with Crippen LogP contribution in [-0.4, -0.2) is 24.9 Å². The lowest BCUT2D eigenvalue weighted by Crippen LogP contribution is -2.43. The minimum absolute atomic E-state index is 0.313. The smallest absolute Gasteiger partial charge is 0.405 e. The van der Waals surface area contributed by atoms with Gasteiger partial charge >= 0.3 is 6.09 Å². The predicted octanol–water partition coefficient (Wildman–Crippen LogP) is 5.24. The topological polar surface area (TPSA) is 67.8 Å². The summed E-state index contributed by atoms with van der Waals surface area (Å²) in [6.07, 6.45) is -1.03. The lowest BCUT2D eigenvalue weighted by Gasteiger charge is -2.39. The zero-order chi connectivity index (χ0) is 19.9. The Morgan fingerprint density at radius 1 is 1.07 bits per heavy atom. The van der Waals surface area contributed by atoms with Gasteiger partial charge in [0.1, 0.15) is 11.5 Å². The van der Waals surface area contributed by atoms with Crippen molar-refractivity contribution in [2.24, 2.45) is 5.41 Å². The summed E-state index contributed by atoms with van der Waals surface area (Å²) in [7, 11) is 1.66. The molecule has 0 saturated heterocycles. The number of amides is 1. The molecule has 1 atom stereocenters. The third-order valence-electron chi connectivity index (χ3n) is 5.35. The van der Waals surface area contributed by atoms with Crippen LogP contribution in [0.3, 0.4) is 0 Å². The van der Waals surface area contributed by atoms with Crippen LogP contribution in [0.1, 0.15) is 25.5 Å². The van der Waals surface area contributed by atoms with Crippen molar-refractivity contribution in [3.8, 4) is 22.6 Å². The van der Waals surface area contributed by atoms with Crippen molar-refractivity contribution < 1.29 is 19.4 Å². The molecule has 0 saturated carbocycles. The Labute approximate surface area is 163 Å². The summed E-state index contributed by atoms with van der Waals surface area (Å²) >= 11 is 0. The molecule has 1 heterocycles. The number of methoxy groups -OCH3 is 1. The summed E-state index contributed by atoms with van der Waals surface area (Å²) < 4.78 is 11.3. The molecule has 28 heavy (non-hydrogen) atoms. The van der Waals surface area contributed by atoms with Crippen LogP contribution < -0.4 is 14.8 Å². The van der Waals surface area contributed by atoms with Gasteiger partial charge in [-0.2, -0.15) is 0 Å². The van der Waals surface area contributed by atoms with E-state index in [1.165, 1.54) is 0 Å². The third kappa shape index (κ3) is 3.24. The monoisotopic (exact) mass is 377 g/mol. The van der Waals surface area contributed by atoms with E-state index < -0.39 is 6.09 Å². The van der Waals surface area contributed by atoms with E-state index in [0.717, 1.165) is 39.0 Å². The van der Waals surface area contributed by atoms with Gasteiger partial charge in [0.2, 0.25) is 0 Å². The number of carbonyl (C=O) groups is 1. The SMILES string of the molecule is COc1ccc2cc(-c3ccc4c(c3)OCC(C)(C)C4NC(=O)O)ccc2c1. The highest BCUT2D eigenvalue weighted by atomic mass is 16.5. The fourth-order valence-corrected chi connectivity index (χ4v) is 3.77. The number of fused-ring (bicyclic) bond motifs is 2. The van der Waals surface area contributed by atoms with Crippen LogP contribution in [0, 0.1) is 5.41 Å². The fourth-order valence-electron chi connectivity index (χ4n) is 3.77. The van der Waals surface area contributed by atoms with Crippen molar-refractivity contribution in [2.75, 3.05) is 13.7 Å². The number of nitrogens with one attached hydrogen (secondary N) is 1. The Bertz CT molecular complexity index is 1060. The molecule has 0 fully saturated rings. The lowest BCUT2D eigenvalue weighted by molar-refractivity contribution is 0.0996. The maximum atomic E-state index is 11.3. The van der Waals surface area contributed by atoms with Crippen LogP contribution in [0.25, 0.3) is 21.9 Å². The molecule has 3 aromatic rings. The third-order valence-corrected chi connectivity index (χ3v) is 5.35. The zero-order valence-corrected chi connectivity index (χ0v) is 16.2. The molecule has 1 aliphatic heterocycles. The molecule has 0 spiro atoms. The predicted molar refractivity (Wildman–Crippen MR) is 109 cm³/mol. The zero-order valence-electron chi connectivity index (χ0n) is 16.2. The van der Waals surface area contributed by atoms with Crippen molar-refractivity contribution in [3.05, 3.63) is 60.2 Å². The first-order valence-electron chi connectivity index (χ1n) is 9.22. The normalized spacial score (nSPS) is 17.5. The molecule has 0 bridgehead atoms. The minimum Gasteiger partial charge on any atom is -0.497 e. The van der Waals surface area contributed by atoms with E-state index in [2.05, 4.69) is 23.5 Å². The molecule has 4 rings (SSSR count). The van der Waals surface area contributed by atoms with Gasteiger partial charge in [-0.1, -0.05) is 44.2 Å². The number of benzene rings is 3. The van der Waals surface area contributed by atoms with Crippen molar-refractivity contribution in [1.29, 1.82) is 0 Å². The Morgan fingerprint density at radius 2 is 1.75 bits per heavy atom. The molecule has 1 aliphatic rings. The molecule has 0 aliphatic carbocycles. The average Bonchev–Trinajstić information content (AvgIpc) is 2.69. The number of rotatable bonds is 3. The molecule has 2 N–H and O–H groups in total. The molecule has 1 amide bonds. The van der Waals surface area contributed by atoms with Crippen LogP contribution in [-0.2, 0) is 0 Å². The van der Waals surface area contributed by atoms with Crippen molar-refractivity contribution in [2.45, 2.75) is 19.9 Å². The van der Waals surface area contributed by atoms with Crippen LogP contribution in [0.4, 0.5) is 4.79 Å². The number of hydrogen-bond acceptors (Lipinski definition) is 3. The number of carboxylic acid groups (broad SMARTS) is 1. The van der Waals surface area contributed by atoms with Gasteiger partial charge in [-0.15, -0.1) is 0 Å². The first kappa shape index (κ1) is 18.2. The summed E-state index contributed by atoms with van der Waals surface area (Å²) in [5, 5.41) is 14.1. The van der Waals surface area contributed by atoms with Crippen molar-refractivity contribution in [1.82, 2.24) is 5.32 Å². The highest BCUT2D eigenvalue weighted by Crippen LogP contribution is 2.44. The van der Waals surface area contributed by atoms with Gasteiger partial charge in [0.05, 0.1) is 19.8 Å². The van der Waals surface area contributed by atoms with Gasteiger partial charge in [-0.3, -0.25) is 0 Å². The summed E-state index contributed by atoms with van der Waals surface area (Å²) in [6.45, 7) is 4.45. The second kappa shape index (κ2) is 6.75. The van der Waals surface area contributed by atoms with Crippen LogP contribution in [0.15, 0.2) is 54.6 Å². The molecule has 0 radical (unpaired) electrons. The first-order valence-corrected chi connectivity index (χ1v) is 9.22. The van der Waals surface area contributed by atoms with Gasteiger partial charge in [0.25, 0.3) is 0 Å². The molecule has 144 valence electrons. The molecule has 0 aromatic heterocycles. The number of hydrogen-bond donors (Lipinski definition) is 2. The second-order valence-corrected chi connectivity index (χ2v) is 7.84. The van der Waals surface area contributed by atoms with E-state index >= 15 is 0 Å². The summed E-state index contributed by atoms with van der Waals surface area (Å²) in [5.41, 5.74) is 2.66. The van der Waals surface area contributed by atoms with E-state index in [4.69, 9.17) is 9.47 Å². The highest BCUT2D eigenvalue weighted by Gasteiger charge is 2.38. The quantitative estimate of drug-likeness (QED) is 0.655. The van der Waals surface area contributed by atoms with Crippen molar-refractivity contribution in [3.63, 3.8) is 0 Å². The Morgan fingerprint density at radius 3 is 2.50 bits per heavy atom. The van der Waals surface area contributed by atoms with Gasteiger partial charge < -0.3 is 19.9 Å². The fraction of sp³-hybridized carbons (Fsp3) is 0.261. The molecule has 5 nitrogen and oxygen atoms in total. The van der Waals surface area contributed by atoms with E-state index in [9.17, 15) is 9.90 Å². The summed E-state index contributed by atoms with van der Waals surface area (Å²) in [6, 6.07) is 18.0. The largest absolute Gasteiger partial charge is 0.497 e. The molecular weight excluding hydrogens is 354 g/mol. The van der Waals surface area contributed by atoms with E-state index in [-0.39, 0.29) is 11.5 Å². The maximum absolute atomic E-state index is 11.3. The molecule has 1 unspecified atom stereocenters. The molecular formula is C23H23NO4. The first-order chi connectivity index (χ1) is 13.4. The molecule has 5 heteroatoms. The van der Waals surface area contributed by atoms with Crippen LogP contribution in [0.5, 0.6) is 11.5 Å². The van der Waals surface area contributed by atoms with Gasteiger partial charge in [-0.25, -0.2) is 4.79 Å². The Hall–Kier alpha value is -3.21. The maximum Gasteiger partial charge on any atom is 0.405 e. The lowest BCUT2D eigenvalue weighted by atomic mass is 9.78. The van der Waals surface area contributed by atoms with E-state index in [1.54, 1.807) is 7.11 Å². The second-order valence-electron chi connectivity index (χ2n) is 7.84. The summed E-state index contributed by atoms with van der Waals surface area (Å²) in [5.74, 6) is 1.56. The Kier molecular flexibility index (Phi) is 4.38. The van der Waals surface area contributed by atoms with Gasteiger partial charge in [0, 0.05) is 11.0 Å². The van der Waals surface area contributed by atoms with Crippen LogP contribution in [0.2, 0.25) is 0 Å². The van der Waals surface area contributed by atoms with Crippen molar-refractivity contribution >= 4 is 16.9 Å². The highest BCUT2D eigenvalue weighted by molar-refractivity contribution is 5.88. The van der Waals surface area contributed by atoms with Crippen LogP contribution >= 0.6 is 0 Å². The Balaban J connectivity index is 1.73. The van der Waals surface area contributed by atoms with Gasteiger partial charge in [-0.05, 0) is 46.2 Å². The van der Waals surface area contributed by atoms with Gasteiger partial charge in [0.15, 0.2) is 0 Å².